The second-order valence-corrected chi connectivity index (χ2v) is 17.7. The molecule has 0 radical (unpaired) electrons. The van der Waals surface area contributed by atoms with Gasteiger partial charge in [0.15, 0.2) is 11.6 Å². The molecular weight excluding hydrogens is 823 g/mol. The molecule has 0 saturated carbocycles. The molecule has 0 fully saturated rings. The van der Waals surface area contributed by atoms with Crippen LogP contribution in [0.3, 0.4) is 0 Å². The number of amidine groups is 1. The number of hydrogen-bond donors (Lipinski definition) is 3. The summed E-state index contributed by atoms with van der Waals surface area (Å²) in [5.74, 6) is -0.823. The Morgan fingerprint density at radius 3 is 2.09 bits per heavy atom. The number of H-pyrrole nitrogens is 1. The van der Waals surface area contributed by atoms with Gasteiger partial charge in [0.2, 0.25) is 0 Å². The average molecular weight is 845 g/mol. The maximum absolute atomic E-state index is 14.5. The predicted molar refractivity (Wildman–Crippen MR) is 197 cm³/mol. The van der Waals surface area contributed by atoms with Crippen LogP contribution in [0.15, 0.2) is 131 Å². The molecule has 0 bridgehead atoms. The van der Waals surface area contributed by atoms with Crippen molar-refractivity contribution in [2.45, 2.75) is 31.4 Å². The molecule has 56 heavy (non-hydrogen) atoms. The third-order valence-corrected chi connectivity index (χ3v) is 13.1. The molecule has 272 valence electrons. The molecule has 0 atom stereocenters. The molecule has 2 aliphatic rings. The van der Waals surface area contributed by atoms with Crippen molar-refractivity contribution in [3.05, 3.63) is 130 Å². The van der Waals surface area contributed by atoms with E-state index < -0.39 is 51.4 Å². The summed E-state index contributed by atoms with van der Waals surface area (Å²) in [6, 6.07) is 22.8. The van der Waals surface area contributed by atoms with Gasteiger partial charge in [-0.1, -0.05) is 54.2 Å². The van der Waals surface area contributed by atoms with E-state index in [1.54, 1.807) is 37.3 Å². The fourth-order valence-corrected chi connectivity index (χ4v) is 10.1. The number of aliphatic imine (C=N–C) groups is 1. The van der Waals surface area contributed by atoms with E-state index in [0.29, 0.717) is 5.56 Å². The summed E-state index contributed by atoms with van der Waals surface area (Å²) in [5.41, 5.74) is 0.555. The number of fused-ring (bicyclic) bond motifs is 3. The van der Waals surface area contributed by atoms with Gasteiger partial charge in [-0.05, 0) is 72.6 Å². The third kappa shape index (κ3) is 7.45. The summed E-state index contributed by atoms with van der Waals surface area (Å²) in [5, 5.41) is 3.23. The first-order valence-electron chi connectivity index (χ1n) is 15.7. The Kier molecular flexibility index (Phi) is 11.5. The molecular formula is C36H22N4Na2O10S4. The number of nitrogens with zero attached hydrogens (tertiary/aromatic N) is 1. The molecule has 8 rings (SSSR count). The summed E-state index contributed by atoms with van der Waals surface area (Å²) in [4.78, 5) is 35.2. The minimum absolute atomic E-state index is 0. The van der Waals surface area contributed by atoms with E-state index in [-0.39, 0.29) is 135 Å². The smallest absolute Gasteiger partial charge is 0.744 e. The zero-order chi connectivity index (χ0) is 38.3. The molecule has 6 aromatic rings. The molecule has 2 heterocycles. The number of hydrogen-bond acceptors (Lipinski definition) is 13. The van der Waals surface area contributed by atoms with Crippen LogP contribution in [0.4, 0.5) is 17.1 Å². The first-order valence-corrected chi connectivity index (χ1v) is 20.8. The normalized spacial score (nSPS) is 14.0. The molecule has 0 unspecified atom stereocenters. The molecule has 3 N–H and O–H groups in total. The molecule has 14 nitrogen and oxygen atoms in total. The number of carbonyl (C=O) groups is 1. The molecule has 0 saturated heterocycles. The Bertz CT molecular complexity index is 3100. The molecule has 5 aromatic carbocycles. The Hall–Kier alpha value is -3.63. The van der Waals surface area contributed by atoms with E-state index in [9.17, 15) is 43.9 Å². The van der Waals surface area contributed by atoms with Gasteiger partial charge in [0.05, 0.1) is 37.8 Å². The van der Waals surface area contributed by atoms with Gasteiger partial charge in [0, 0.05) is 32.0 Å². The summed E-state index contributed by atoms with van der Waals surface area (Å²) >= 11 is 0.822. The number of para-hydroxylation sites is 1. The van der Waals surface area contributed by atoms with E-state index in [0.717, 1.165) is 23.9 Å². The average Bonchev–Trinajstić information content (AvgIpc) is 3.11. The number of benzene rings is 5. The van der Waals surface area contributed by atoms with E-state index >= 15 is 0 Å². The number of carbonyl (C=O) groups excluding carboxylic acids is 1. The number of aromatic amines is 1. The topological polar surface area (TPSA) is 235 Å². The third-order valence-electron chi connectivity index (χ3n) is 8.79. The molecule has 1 aliphatic carbocycles. The van der Waals surface area contributed by atoms with Crippen molar-refractivity contribution in [1.29, 1.82) is 0 Å². The van der Waals surface area contributed by atoms with Crippen LogP contribution in [0.5, 0.6) is 0 Å². The zero-order valence-electron chi connectivity index (χ0n) is 29.4. The van der Waals surface area contributed by atoms with E-state index in [1.807, 2.05) is 0 Å². The predicted octanol–water partition coefficient (Wildman–Crippen LogP) is -0.871. The Morgan fingerprint density at radius 1 is 0.750 bits per heavy atom. The van der Waals surface area contributed by atoms with Crippen LogP contribution in [0.25, 0.3) is 22.0 Å². The number of rotatable bonds is 7. The Morgan fingerprint density at radius 2 is 1.41 bits per heavy atom. The maximum Gasteiger partial charge on any atom is 1.00 e. The number of nitrogens with one attached hydrogen (secondary N) is 3. The van der Waals surface area contributed by atoms with Crippen LogP contribution >= 0.6 is 11.8 Å². The molecule has 20 heteroatoms. The molecule has 0 spiro atoms. The number of aromatic nitrogens is 1. The fourth-order valence-electron chi connectivity index (χ4n) is 6.47. The van der Waals surface area contributed by atoms with Crippen molar-refractivity contribution in [3.63, 3.8) is 0 Å². The number of ketones is 1. The van der Waals surface area contributed by atoms with Crippen molar-refractivity contribution in [1.82, 2.24) is 9.71 Å². The zero-order valence-corrected chi connectivity index (χ0v) is 36.7. The SMILES string of the molecule is Cc1ccc(Sc2cc(Nc3ccc(S(=O)(=O)[O-])cc3)c3c4c(c(C5=Nc6ccccc6S(=O)(=O)N5)c(=O)[nH]c24)-c2ccccc2C3=O)c(S(=O)(=O)[O-])c1.[Na+].[Na+]. The quantitative estimate of drug-likeness (QED) is 0.131. The van der Waals surface area contributed by atoms with Crippen LogP contribution in [-0.2, 0) is 30.3 Å². The van der Waals surface area contributed by atoms with Gasteiger partial charge in [0.25, 0.3) is 15.6 Å². The van der Waals surface area contributed by atoms with Crippen molar-refractivity contribution >= 4 is 81.6 Å². The van der Waals surface area contributed by atoms with Gasteiger partial charge in [-0.3, -0.25) is 14.3 Å². The van der Waals surface area contributed by atoms with E-state index in [2.05, 4.69) is 20.0 Å². The van der Waals surface area contributed by atoms with Crippen LogP contribution in [0, 0.1) is 6.92 Å². The summed E-state index contributed by atoms with van der Waals surface area (Å²) in [6.45, 7) is 1.61. The standard InChI is InChI=1S/C36H24N4O10S4.2Na/c1-18-10-15-25(28(16-18)54(48,49)50)51-26-17-24(37-19-11-13-20(14-12-19)53(45,46)47)30-31-29(21-6-2-3-7-22(21)34(30)41)32(36(42)39-33(26)31)35-38-23-8-4-5-9-27(23)52(43,44)40-35;;/h2-17,37H,1H3,(H,38,40)(H,39,42)(H,45,46,47)(H,48,49,50);;/q;2*+1/p-2. The largest absolute Gasteiger partial charge is 1.00 e. The molecule has 1 aromatic heterocycles. The van der Waals surface area contributed by atoms with Gasteiger partial charge >= 0.3 is 59.1 Å². The van der Waals surface area contributed by atoms with E-state index in [4.69, 9.17) is 0 Å². The fraction of sp³-hybridized carbons (Fsp3) is 0.0278. The van der Waals surface area contributed by atoms with Crippen LogP contribution in [-0.4, -0.2) is 51.0 Å². The minimum Gasteiger partial charge on any atom is -0.744 e. The Labute approximate surface area is 368 Å². The number of anilines is 2. The molecule has 0 amide bonds. The molecule has 1 aliphatic heterocycles. The monoisotopic (exact) mass is 844 g/mol. The Balaban J connectivity index is 0.00000266. The minimum atomic E-state index is -5.00. The second-order valence-electron chi connectivity index (χ2n) is 12.3. The van der Waals surface area contributed by atoms with Gasteiger partial charge in [-0.25, -0.2) is 30.2 Å². The summed E-state index contributed by atoms with van der Waals surface area (Å²) in [7, 11) is -14.0. The maximum atomic E-state index is 14.5. The van der Waals surface area contributed by atoms with Gasteiger partial charge in [-0.15, -0.1) is 0 Å². The second kappa shape index (κ2) is 15.3. The first-order chi connectivity index (χ1) is 25.5. The summed E-state index contributed by atoms with van der Waals surface area (Å²) in [6.07, 6.45) is 0. The van der Waals surface area contributed by atoms with Crippen LogP contribution in [0.1, 0.15) is 27.0 Å². The van der Waals surface area contributed by atoms with E-state index in [1.165, 1.54) is 54.6 Å². The summed E-state index contributed by atoms with van der Waals surface area (Å²) < 4.78 is 101. The van der Waals surface area contributed by atoms with Crippen molar-refractivity contribution in [3.8, 4) is 11.1 Å². The van der Waals surface area contributed by atoms with Gasteiger partial charge < -0.3 is 19.4 Å². The number of pyridine rings is 1. The van der Waals surface area contributed by atoms with Gasteiger partial charge in [-0.2, -0.15) is 0 Å². The van der Waals surface area contributed by atoms with Gasteiger partial charge in [0.1, 0.15) is 25.1 Å². The van der Waals surface area contributed by atoms with Crippen molar-refractivity contribution in [2.24, 2.45) is 4.99 Å². The van der Waals surface area contributed by atoms with Crippen molar-refractivity contribution in [2.75, 3.05) is 5.32 Å². The number of aryl methyl sites for hydroxylation is 1. The number of sulfonamides is 1. The first kappa shape index (κ1) is 42.0. The van der Waals surface area contributed by atoms with Crippen molar-refractivity contribution < 1.29 is 98.3 Å². The van der Waals surface area contributed by atoms with Crippen LogP contribution in [0.2, 0.25) is 0 Å². The van der Waals surface area contributed by atoms with Crippen LogP contribution < -0.4 is 74.7 Å².